The maximum atomic E-state index is 5.78. The van der Waals surface area contributed by atoms with E-state index in [0.717, 1.165) is 30.9 Å². The van der Waals surface area contributed by atoms with Crippen molar-refractivity contribution in [2.24, 2.45) is 7.05 Å². The molecule has 0 aliphatic carbocycles. The molecule has 2 heterocycles. The summed E-state index contributed by atoms with van der Waals surface area (Å²) in [4.78, 5) is 0. The summed E-state index contributed by atoms with van der Waals surface area (Å²) >= 11 is 0. The van der Waals surface area contributed by atoms with E-state index in [4.69, 9.17) is 4.42 Å². The van der Waals surface area contributed by atoms with Crippen molar-refractivity contribution >= 4 is 0 Å². The Bertz CT molecular complexity index is 568. The number of furan rings is 1. The fourth-order valence-electron chi connectivity index (χ4n) is 2.86. The van der Waals surface area contributed by atoms with Crippen molar-refractivity contribution in [1.82, 2.24) is 15.1 Å². The summed E-state index contributed by atoms with van der Waals surface area (Å²) in [5.74, 6) is 2.07. The number of rotatable bonds is 6. The minimum absolute atomic E-state index is 0.340. The number of aryl methyl sites for hydroxylation is 4. The Morgan fingerprint density at radius 1 is 1.30 bits per heavy atom. The maximum Gasteiger partial charge on any atom is 0.106 e. The van der Waals surface area contributed by atoms with E-state index in [0.29, 0.717) is 6.04 Å². The lowest BCUT2D eigenvalue weighted by Crippen LogP contribution is -2.22. The van der Waals surface area contributed by atoms with Crippen molar-refractivity contribution in [3.63, 3.8) is 0 Å². The van der Waals surface area contributed by atoms with Gasteiger partial charge in [0.1, 0.15) is 11.5 Å². The van der Waals surface area contributed by atoms with Gasteiger partial charge in [-0.05, 0) is 51.8 Å². The highest BCUT2D eigenvalue weighted by molar-refractivity contribution is 5.34. The van der Waals surface area contributed by atoms with E-state index in [1.165, 1.54) is 16.8 Å². The van der Waals surface area contributed by atoms with Gasteiger partial charge in [-0.15, -0.1) is 0 Å². The number of nitrogens with zero attached hydrogens (tertiary/aromatic N) is 2. The van der Waals surface area contributed by atoms with Crippen LogP contribution in [0.25, 0.3) is 0 Å². The average Bonchev–Trinajstić information content (AvgIpc) is 2.91. The van der Waals surface area contributed by atoms with Gasteiger partial charge in [-0.1, -0.05) is 6.92 Å². The zero-order valence-electron chi connectivity index (χ0n) is 13.2. The third kappa shape index (κ3) is 2.96. The van der Waals surface area contributed by atoms with Crippen LogP contribution in [0.15, 0.2) is 16.7 Å². The van der Waals surface area contributed by atoms with E-state index >= 15 is 0 Å². The van der Waals surface area contributed by atoms with Gasteiger partial charge in [-0.25, -0.2) is 0 Å². The molecule has 4 heteroatoms. The molecule has 4 nitrogen and oxygen atoms in total. The first-order valence-electron chi connectivity index (χ1n) is 7.31. The molecular formula is C16H25N3O. The zero-order valence-corrected chi connectivity index (χ0v) is 13.2. The van der Waals surface area contributed by atoms with E-state index in [9.17, 15) is 0 Å². The summed E-state index contributed by atoms with van der Waals surface area (Å²) in [6.07, 6.45) is 3.92. The van der Waals surface area contributed by atoms with Crippen LogP contribution in [0.3, 0.4) is 0 Å². The van der Waals surface area contributed by atoms with E-state index < -0.39 is 0 Å². The van der Waals surface area contributed by atoms with Gasteiger partial charge in [-0.3, -0.25) is 4.68 Å². The van der Waals surface area contributed by atoms with Gasteiger partial charge >= 0.3 is 0 Å². The molecule has 1 N–H and O–H groups in total. The molecule has 0 aliphatic heterocycles. The van der Waals surface area contributed by atoms with E-state index in [2.05, 4.69) is 37.3 Å². The Morgan fingerprint density at radius 2 is 2.05 bits per heavy atom. The van der Waals surface area contributed by atoms with Crippen molar-refractivity contribution in [3.05, 3.63) is 40.6 Å². The standard InChI is InChI=1S/C16H25N3O/c1-6-17-15(8-7-14-9-10-18-19(14)5)16-11(2)12(3)20-13(16)4/h9-10,15,17H,6-8H2,1-5H3. The fraction of sp³-hybridized carbons (Fsp3) is 0.562. The molecule has 0 saturated carbocycles. The zero-order chi connectivity index (χ0) is 14.7. The van der Waals surface area contributed by atoms with Crippen LogP contribution in [-0.4, -0.2) is 16.3 Å². The molecule has 1 atom stereocenters. The van der Waals surface area contributed by atoms with Crippen LogP contribution in [0.2, 0.25) is 0 Å². The second-order valence-electron chi connectivity index (χ2n) is 5.35. The van der Waals surface area contributed by atoms with Gasteiger partial charge < -0.3 is 9.73 Å². The molecule has 20 heavy (non-hydrogen) atoms. The summed E-state index contributed by atoms with van der Waals surface area (Å²) in [6.45, 7) is 9.35. The van der Waals surface area contributed by atoms with Crippen LogP contribution < -0.4 is 5.32 Å². The molecule has 0 radical (unpaired) electrons. The fourth-order valence-corrected chi connectivity index (χ4v) is 2.86. The lowest BCUT2D eigenvalue weighted by Gasteiger charge is -2.18. The van der Waals surface area contributed by atoms with Crippen molar-refractivity contribution in [2.45, 2.75) is 46.6 Å². The Kier molecular flexibility index (Phi) is 4.65. The van der Waals surface area contributed by atoms with E-state index in [1.54, 1.807) is 0 Å². The molecule has 0 spiro atoms. The molecule has 2 rings (SSSR count). The van der Waals surface area contributed by atoms with Crippen molar-refractivity contribution in [1.29, 1.82) is 0 Å². The molecule has 1 unspecified atom stereocenters. The Hall–Kier alpha value is -1.55. The second-order valence-corrected chi connectivity index (χ2v) is 5.35. The SMILES string of the molecule is CCNC(CCc1ccnn1C)c1c(C)oc(C)c1C. The predicted octanol–water partition coefficient (Wildman–Crippen LogP) is 3.22. The smallest absolute Gasteiger partial charge is 0.106 e. The quantitative estimate of drug-likeness (QED) is 0.880. The molecule has 0 aromatic carbocycles. The lowest BCUT2D eigenvalue weighted by atomic mass is 9.97. The highest BCUT2D eigenvalue weighted by Crippen LogP contribution is 2.29. The van der Waals surface area contributed by atoms with Crippen LogP contribution in [0.5, 0.6) is 0 Å². The molecule has 0 fully saturated rings. The van der Waals surface area contributed by atoms with Crippen LogP contribution in [0.4, 0.5) is 0 Å². The number of aromatic nitrogens is 2. The molecule has 2 aromatic heterocycles. The number of hydrogen-bond acceptors (Lipinski definition) is 3. The average molecular weight is 275 g/mol. The van der Waals surface area contributed by atoms with Crippen molar-refractivity contribution in [3.8, 4) is 0 Å². The molecular weight excluding hydrogens is 250 g/mol. The van der Waals surface area contributed by atoms with Crippen molar-refractivity contribution in [2.75, 3.05) is 6.54 Å². The van der Waals surface area contributed by atoms with Crippen LogP contribution >= 0.6 is 0 Å². The van der Waals surface area contributed by atoms with E-state index in [1.807, 2.05) is 24.9 Å². The second kappa shape index (κ2) is 6.27. The van der Waals surface area contributed by atoms with Gasteiger partial charge in [-0.2, -0.15) is 5.10 Å². The van der Waals surface area contributed by atoms with Crippen molar-refractivity contribution < 1.29 is 4.42 Å². The minimum Gasteiger partial charge on any atom is -0.466 e. The largest absolute Gasteiger partial charge is 0.466 e. The Labute approximate surface area is 121 Å². The lowest BCUT2D eigenvalue weighted by molar-refractivity contribution is 0.471. The normalized spacial score (nSPS) is 12.8. The van der Waals surface area contributed by atoms with Gasteiger partial charge in [0.2, 0.25) is 0 Å². The predicted molar refractivity (Wildman–Crippen MR) is 80.9 cm³/mol. The first-order chi connectivity index (χ1) is 9.54. The molecule has 0 amide bonds. The third-order valence-electron chi connectivity index (χ3n) is 4.03. The van der Waals surface area contributed by atoms with Crippen LogP contribution in [-0.2, 0) is 13.5 Å². The topological polar surface area (TPSA) is 43.0 Å². The molecule has 2 aromatic rings. The summed E-state index contributed by atoms with van der Waals surface area (Å²) in [5.41, 5.74) is 3.87. The summed E-state index contributed by atoms with van der Waals surface area (Å²) in [5, 5.41) is 7.82. The molecule has 110 valence electrons. The Morgan fingerprint density at radius 3 is 2.55 bits per heavy atom. The summed E-state index contributed by atoms with van der Waals surface area (Å²) in [6, 6.07) is 2.43. The van der Waals surface area contributed by atoms with Crippen LogP contribution in [0, 0.1) is 20.8 Å². The highest BCUT2D eigenvalue weighted by atomic mass is 16.3. The monoisotopic (exact) mass is 275 g/mol. The van der Waals surface area contributed by atoms with Crippen LogP contribution in [0.1, 0.15) is 47.7 Å². The number of nitrogens with one attached hydrogen (secondary N) is 1. The third-order valence-corrected chi connectivity index (χ3v) is 4.03. The Balaban J connectivity index is 2.16. The van der Waals surface area contributed by atoms with Gasteiger partial charge in [0.05, 0.1) is 0 Å². The highest BCUT2D eigenvalue weighted by Gasteiger charge is 2.20. The first-order valence-corrected chi connectivity index (χ1v) is 7.31. The summed E-state index contributed by atoms with van der Waals surface area (Å²) in [7, 11) is 2.00. The maximum absolute atomic E-state index is 5.78. The van der Waals surface area contributed by atoms with Gasteiger partial charge in [0.25, 0.3) is 0 Å². The number of hydrogen-bond donors (Lipinski definition) is 1. The minimum atomic E-state index is 0.340. The molecule has 0 aliphatic rings. The van der Waals surface area contributed by atoms with Gasteiger partial charge in [0.15, 0.2) is 0 Å². The summed E-state index contributed by atoms with van der Waals surface area (Å²) < 4.78 is 7.72. The molecule has 0 bridgehead atoms. The van der Waals surface area contributed by atoms with Gasteiger partial charge in [0, 0.05) is 30.5 Å². The first kappa shape index (κ1) is 14.9. The molecule has 0 saturated heterocycles. The van der Waals surface area contributed by atoms with E-state index in [-0.39, 0.29) is 0 Å².